The maximum absolute atomic E-state index is 9.71. The van der Waals surface area contributed by atoms with Crippen LogP contribution in [0.15, 0.2) is 24.0 Å². The lowest BCUT2D eigenvalue weighted by Crippen LogP contribution is -2.46. The third-order valence-corrected chi connectivity index (χ3v) is 5.77. The van der Waals surface area contributed by atoms with Crippen LogP contribution in [-0.2, 0) is 18.0 Å². The first-order valence-electron chi connectivity index (χ1n) is 6.78. The van der Waals surface area contributed by atoms with Crippen molar-refractivity contribution in [2.75, 3.05) is 19.8 Å². The van der Waals surface area contributed by atoms with E-state index in [-0.39, 0.29) is 0 Å². The lowest BCUT2D eigenvalue weighted by molar-refractivity contribution is -0.0255. The molecule has 0 radical (unpaired) electrons. The second kappa shape index (κ2) is 8.50. The van der Waals surface area contributed by atoms with E-state index < -0.39 is 15.1 Å². The van der Waals surface area contributed by atoms with Crippen molar-refractivity contribution in [3.8, 4) is 0 Å². The zero-order chi connectivity index (χ0) is 14.1. The molecule has 6 heteroatoms. The molecule has 0 saturated carbocycles. The predicted octanol–water partition coefficient (Wildman–Crippen LogP) is 2.21. The van der Waals surface area contributed by atoms with Crippen LogP contribution >= 0.6 is 0 Å². The molecule has 0 aromatic carbocycles. The van der Waals surface area contributed by atoms with Crippen LogP contribution in [0, 0.1) is 0 Å². The summed E-state index contributed by atoms with van der Waals surface area (Å²) in [6.07, 6.45) is 4.87. The highest BCUT2D eigenvalue weighted by atomic mass is 28.4. The average Bonchev–Trinajstić information content (AvgIpc) is 2.39. The van der Waals surface area contributed by atoms with Crippen LogP contribution in [0.3, 0.4) is 0 Å². The van der Waals surface area contributed by atoms with E-state index in [4.69, 9.17) is 18.0 Å². The Bertz CT molecular complexity index is 299. The van der Waals surface area contributed by atoms with Gasteiger partial charge in [-0.25, -0.2) is 0 Å². The largest absolute Gasteiger partial charge is 0.501 e. The minimum atomic E-state index is -2.64. The number of aliphatic hydroxyl groups is 1. The second-order valence-corrected chi connectivity index (χ2v) is 6.77. The number of ether oxygens (including phenoxy) is 1. The van der Waals surface area contributed by atoms with Gasteiger partial charge in [0.2, 0.25) is 6.29 Å². The van der Waals surface area contributed by atoms with Gasteiger partial charge in [0.1, 0.15) is 0 Å². The fraction of sp³-hybridized carbons (Fsp3) is 0.692. The van der Waals surface area contributed by atoms with Gasteiger partial charge in [0, 0.05) is 25.9 Å². The fourth-order valence-electron chi connectivity index (χ4n) is 1.96. The number of hydrogen-bond donors (Lipinski definition) is 1. The molecule has 0 aromatic rings. The Kier molecular flexibility index (Phi) is 7.33. The third kappa shape index (κ3) is 5.08. The highest BCUT2D eigenvalue weighted by molar-refractivity contribution is 6.60. The van der Waals surface area contributed by atoms with Crippen LogP contribution in [0.25, 0.3) is 0 Å². The predicted molar refractivity (Wildman–Crippen MR) is 74.4 cm³/mol. The first-order chi connectivity index (χ1) is 9.17. The average molecular weight is 288 g/mol. The minimum absolute atomic E-state index is 0.560. The highest BCUT2D eigenvalue weighted by Crippen LogP contribution is 2.24. The Hall–Kier alpha value is -0.663. The van der Waals surface area contributed by atoms with Gasteiger partial charge in [0.25, 0.3) is 0 Å². The molecule has 1 N–H and O–H groups in total. The van der Waals surface area contributed by atoms with Crippen molar-refractivity contribution in [2.24, 2.45) is 0 Å². The summed E-state index contributed by atoms with van der Waals surface area (Å²) in [5.74, 6) is 0. The van der Waals surface area contributed by atoms with Crippen LogP contribution in [0.5, 0.6) is 0 Å². The smallest absolute Gasteiger partial charge is 0.469 e. The van der Waals surface area contributed by atoms with Gasteiger partial charge in [0.05, 0.1) is 6.26 Å². The normalized spacial score (nSPS) is 19.2. The Morgan fingerprint density at radius 2 is 1.74 bits per heavy atom. The first kappa shape index (κ1) is 16.4. The number of allylic oxidation sites excluding steroid dienone is 2. The first-order valence-corrected chi connectivity index (χ1v) is 8.71. The maximum Gasteiger partial charge on any atom is 0.501 e. The van der Waals surface area contributed by atoms with Crippen molar-refractivity contribution in [2.45, 2.75) is 39.5 Å². The lowest BCUT2D eigenvalue weighted by atomic mass is 10.1. The van der Waals surface area contributed by atoms with Gasteiger partial charge in [-0.15, -0.1) is 0 Å². The molecule has 0 saturated heterocycles. The summed E-state index contributed by atoms with van der Waals surface area (Å²) < 4.78 is 22.3. The van der Waals surface area contributed by atoms with E-state index in [9.17, 15) is 5.11 Å². The van der Waals surface area contributed by atoms with Crippen LogP contribution in [0.2, 0.25) is 6.04 Å². The van der Waals surface area contributed by atoms with Gasteiger partial charge in [0.15, 0.2) is 0 Å². The number of aliphatic hydroxyl groups excluding tert-OH is 1. The minimum Gasteiger partial charge on any atom is -0.469 e. The number of hydrogen-bond acceptors (Lipinski definition) is 5. The highest BCUT2D eigenvalue weighted by Gasteiger charge is 2.40. The maximum atomic E-state index is 9.71. The van der Waals surface area contributed by atoms with Crippen molar-refractivity contribution in [1.82, 2.24) is 0 Å². The van der Waals surface area contributed by atoms with E-state index >= 15 is 0 Å². The van der Waals surface area contributed by atoms with Crippen LogP contribution < -0.4 is 0 Å². The van der Waals surface area contributed by atoms with Crippen molar-refractivity contribution >= 4 is 8.80 Å². The van der Waals surface area contributed by atoms with Crippen molar-refractivity contribution in [3.05, 3.63) is 24.0 Å². The standard InChI is InChI=1S/C13H24O5Si/c1-4-16-19(17-5-2,18-6-3)11-9-12-8-7-10-15-13(12)14/h7-8,10,13-14H,4-6,9,11H2,1-3H3. The quantitative estimate of drug-likeness (QED) is 0.659. The molecule has 0 aromatic heterocycles. The molecule has 1 aliphatic heterocycles. The molecule has 110 valence electrons. The molecule has 0 bridgehead atoms. The van der Waals surface area contributed by atoms with Gasteiger partial charge < -0.3 is 23.1 Å². The van der Waals surface area contributed by atoms with Gasteiger partial charge >= 0.3 is 8.80 Å². The van der Waals surface area contributed by atoms with Crippen LogP contribution in [-0.4, -0.2) is 40.0 Å². The van der Waals surface area contributed by atoms with Crippen molar-refractivity contribution in [1.29, 1.82) is 0 Å². The number of rotatable bonds is 9. The lowest BCUT2D eigenvalue weighted by Gasteiger charge is -2.29. The molecule has 1 rings (SSSR count). The van der Waals surface area contributed by atoms with E-state index in [0.29, 0.717) is 32.3 Å². The zero-order valence-corrected chi connectivity index (χ0v) is 12.9. The summed E-state index contributed by atoms with van der Waals surface area (Å²) >= 11 is 0. The molecule has 0 spiro atoms. The summed E-state index contributed by atoms with van der Waals surface area (Å²) in [7, 11) is -2.64. The molecule has 0 fully saturated rings. The van der Waals surface area contributed by atoms with Gasteiger partial charge in [-0.05, 0) is 38.8 Å². The summed E-state index contributed by atoms with van der Waals surface area (Å²) in [6, 6.07) is 0.641. The molecule has 1 aliphatic rings. The summed E-state index contributed by atoms with van der Waals surface area (Å²) in [4.78, 5) is 0. The second-order valence-electron chi connectivity index (χ2n) is 4.04. The summed E-state index contributed by atoms with van der Waals surface area (Å²) in [6.45, 7) is 7.47. The summed E-state index contributed by atoms with van der Waals surface area (Å²) in [5.41, 5.74) is 0.818. The Labute approximate surface area is 116 Å². The summed E-state index contributed by atoms with van der Waals surface area (Å²) in [5, 5.41) is 9.71. The zero-order valence-electron chi connectivity index (χ0n) is 11.9. The molecular formula is C13H24O5Si. The fourth-order valence-corrected chi connectivity index (χ4v) is 4.56. The molecule has 0 amide bonds. The molecule has 19 heavy (non-hydrogen) atoms. The van der Waals surface area contributed by atoms with Gasteiger partial charge in [-0.2, -0.15) is 0 Å². The van der Waals surface area contributed by atoms with Gasteiger partial charge in [-0.1, -0.05) is 6.08 Å². The SMILES string of the molecule is CCO[Si](CCC1=CC=COC1O)(OCC)OCC. The van der Waals surface area contributed by atoms with Crippen LogP contribution in [0.1, 0.15) is 27.2 Å². The Morgan fingerprint density at radius 1 is 1.16 bits per heavy atom. The van der Waals surface area contributed by atoms with E-state index in [1.165, 1.54) is 6.26 Å². The molecular weight excluding hydrogens is 264 g/mol. The van der Waals surface area contributed by atoms with Crippen LogP contribution in [0.4, 0.5) is 0 Å². The third-order valence-electron chi connectivity index (χ3n) is 2.73. The molecule has 1 heterocycles. The topological polar surface area (TPSA) is 57.2 Å². The van der Waals surface area contributed by atoms with Crippen molar-refractivity contribution in [3.63, 3.8) is 0 Å². The Balaban J connectivity index is 2.65. The molecule has 0 aliphatic carbocycles. The van der Waals surface area contributed by atoms with Gasteiger partial charge in [-0.3, -0.25) is 0 Å². The molecule has 1 atom stereocenters. The van der Waals surface area contributed by atoms with Crippen molar-refractivity contribution < 1.29 is 23.1 Å². The monoisotopic (exact) mass is 288 g/mol. The molecule has 5 nitrogen and oxygen atoms in total. The van der Waals surface area contributed by atoms with E-state index in [2.05, 4.69) is 0 Å². The van der Waals surface area contributed by atoms with E-state index in [1.807, 2.05) is 26.8 Å². The molecule has 1 unspecified atom stereocenters. The van der Waals surface area contributed by atoms with E-state index in [1.54, 1.807) is 6.08 Å². The Morgan fingerprint density at radius 3 is 2.21 bits per heavy atom. The van der Waals surface area contributed by atoms with E-state index in [0.717, 1.165) is 5.57 Å².